The van der Waals surface area contributed by atoms with Gasteiger partial charge < -0.3 is 9.80 Å². The van der Waals surface area contributed by atoms with E-state index in [0.717, 1.165) is 50.1 Å². The molecule has 2 atom stereocenters. The summed E-state index contributed by atoms with van der Waals surface area (Å²) in [5, 5.41) is 11.4. The predicted molar refractivity (Wildman–Crippen MR) is 123 cm³/mol. The number of carbonyl (C=O) groups excluding carboxylic acids is 2. The van der Waals surface area contributed by atoms with Crippen LogP contribution in [0.1, 0.15) is 28.8 Å². The monoisotopic (exact) mass is 449 g/mol. The molecule has 2 fully saturated rings. The number of rotatable bonds is 3. The second kappa shape index (κ2) is 8.74. The van der Waals surface area contributed by atoms with E-state index in [0.29, 0.717) is 27.9 Å². The number of likely N-dealkylation sites (tertiary alicyclic amines) is 2. The number of aromatic amines is 1. The van der Waals surface area contributed by atoms with Crippen molar-refractivity contribution in [3.05, 3.63) is 64.7 Å². The van der Waals surface area contributed by atoms with Gasteiger partial charge in [0.2, 0.25) is 5.91 Å². The summed E-state index contributed by atoms with van der Waals surface area (Å²) in [6, 6.07) is 12.8. The average molecular weight is 450 g/mol. The molecule has 1 N–H and O–H groups in total. The molecule has 0 aliphatic carbocycles. The maximum atomic E-state index is 13.0. The Morgan fingerprint density at radius 2 is 1.62 bits per heavy atom. The standard InChI is InChI=1S/C24H24ClN5O2/c25-20-5-1-16(2-6-20)3-8-23(31)29-11-9-18-14-30(15-19(18)10-12-29)24(32)17-4-7-21-22(13-17)27-28-26-21/h1-8,13,18-19H,9-12,14-15H2,(H,26,27,28)/b8-3+. The van der Waals surface area contributed by atoms with Crippen LogP contribution < -0.4 is 0 Å². The van der Waals surface area contributed by atoms with Gasteiger partial charge in [-0.2, -0.15) is 15.4 Å². The van der Waals surface area contributed by atoms with E-state index in [1.807, 2.05) is 52.3 Å². The minimum atomic E-state index is 0.0359. The van der Waals surface area contributed by atoms with Crippen LogP contribution in [0.25, 0.3) is 17.1 Å². The maximum Gasteiger partial charge on any atom is 0.253 e. The molecule has 3 heterocycles. The zero-order chi connectivity index (χ0) is 22.1. The van der Waals surface area contributed by atoms with Gasteiger partial charge in [0.05, 0.1) is 0 Å². The molecule has 1 aromatic heterocycles. The van der Waals surface area contributed by atoms with E-state index in [-0.39, 0.29) is 11.8 Å². The van der Waals surface area contributed by atoms with Gasteiger partial charge in [-0.15, -0.1) is 0 Å². The van der Waals surface area contributed by atoms with Crippen LogP contribution in [0.15, 0.2) is 48.5 Å². The number of amides is 2. The van der Waals surface area contributed by atoms with Gasteiger partial charge in [0.15, 0.2) is 0 Å². The Kier molecular flexibility index (Phi) is 5.66. The Morgan fingerprint density at radius 3 is 2.34 bits per heavy atom. The first kappa shape index (κ1) is 20.7. The van der Waals surface area contributed by atoms with Crippen LogP contribution in [-0.4, -0.2) is 63.2 Å². The summed E-state index contributed by atoms with van der Waals surface area (Å²) in [4.78, 5) is 29.6. The van der Waals surface area contributed by atoms with Gasteiger partial charge in [0, 0.05) is 42.8 Å². The fraction of sp³-hybridized carbons (Fsp3) is 0.333. The molecule has 7 nitrogen and oxygen atoms in total. The maximum absolute atomic E-state index is 13.0. The van der Waals surface area contributed by atoms with E-state index in [9.17, 15) is 9.59 Å². The molecule has 0 radical (unpaired) electrons. The minimum Gasteiger partial charge on any atom is -0.339 e. The molecular weight excluding hydrogens is 426 g/mol. The predicted octanol–water partition coefficient (Wildman–Crippen LogP) is 3.64. The molecule has 0 spiro atoms. The van der Waals surface area contributed by atoms with Crippen LogP contribution in [0.5, 0.6) is 0 Å². The number of nitrogens with one attached hydrogen (secondary N) is 1. The first-order valence-corrected chi connectivity index (χ1v) is 11.3. The largest absolute Gasteiger partial charge is 0.339 e. The first-order chi connectivity index (χ1) is 15.6. The third-order valence-electron chi connectivity index (χ3n) is 6.57. The van der Waals surface area contributed by atoms with Crippen molar-refractivity contribution in [3.8, 4) is 0 Å². The molecule has 3 aromatic rings. The SMILES string of the molecule is O=C(/C=C/c1ccc(Cl)cc1)N1CCC2CN(C(=O)c3ccc4n[nH]nc4c3)CC2CC1. The van der Waals surface area contributed by atoms with E-state index in [4.69, 9.17) is 11.6 Å². The summed E-state index contributed by atoms with van der Waals surface area (Å²) in [7, 11) is 0. The van der Waals surface area contributed by atoms with Crippen molar-refractivity contribution in [1.29, 1.82) is 0 Å². The summed E-state index contributed by atoms with van der Waals surface area (Å²) in [5.41, 5.74) is 3.05. The fourth-order valence-corrected chi connectivity index (χ4v) is 4.86. The number of hydrogen-bond donors (Lipinski definition) is 1. The van der Waals surface area contributed by atoms with Crippen LogP contribution in [0, 0.1) is 11.8 Å². The lowest BCUT2D eigenvalue weighted by Crippen LogP contribution is -2.33. The van der Waals surface area contributed by atoms with E-state index in [1.165, 1.54) is 0 Å². The van der Waals surface area contributed by atoms with Gasteiger partial charge >= 0.3 is 0 Å². The summed E-state index contributed by atoms with van der Waals surface area (Å²) in [6.07, 6.45) is 5.30. The number of benzene rings is 2. The highest BCUT2D eigenvalue weighted by Crippen LogP contribution is 2.33. The first-order valence-electron chi connectivity index (χ1n) is 10.9. The van der Waals surface area contributed by atoms with Crippen molar-refractivity contribution >= 4 is 40.5 Å². The number of fused-ring (bicyclic) bond motifs is 2. The molecule has 8 heteroatoms. The molecule has 2 aromatic carbocycles. The van der Waals surface area contributed by atoms with E-state index >= 15 is 0 Å². The quantitative estimate of drug-likeness (QED) is 0.619. The number of carbonyl (C=O) groups is 2. The highest BCUT2D eigenvalue weighted by molar-refractivity contribution is 6.30. The molecule has 0 bridgehead atoms. The van der Waals surface area contributed by atoms with Gasteiger partial charge in [0.1, 0.15) is 11.0 Å². The van der Waals surface area contributed by atoms with Crippen LogP contribution >= 0.6 is 11.6 Å². The lowest BCUT2D eigenvalue weighted by atomic mass is 9.92. The lowest BCUT2D eigenvalue weighted by Gasteiger charge is -2.21. The van der Waals surface area contributed by atoms with Crippen molar-refractivity contribution in [2.75, 3.05) is 26.2 Å². The normalized spacial score (nSPS) is 21.2. The van der Waals surface area contributed by atoms with Gasteiger partial charge in [-0.3, -0.25) is 9.59 Å². The molecule has 2 amide bonds. The van der Waals surface area contributed by atoms with Gasteiger partial charge in [-0.1, -0.05) is 23.7 Å². The topological polar surface area (TPSA) is 82.2 Å². The van der Waals surface area contributed by atoms with Crippen molar-refractivity contribution in [2.24, 2.45) is 11.8 Å². The van der Waals surface area contributed by atoms with E-state index in [1.54, 1.807) is 12.1 Å². The number of aromatic nitrogens is 3. The number of halogens is 1. The highest BCUT2D eigenvalue weighted by Gasteiger charge is 2.37. The molecule has 2 aliphatic heterocycles. The minimum absolute atomic E-state index is 0.0359. The number of hydrogen-bond acceptors (Lipinski definition) is 4. The van der Waals surface area contributed by atoms with Crippen molar-refractivity contribution in [3.63, 3.8) is 0 Å². The smallest absolute Gasteiger partial charge is 0.253 e. The molecule has 32 heavy (non-hydrogen) atoms. The van der Waals surface area contributed by atoms with Crippen LogP contribution in [0.3, 0.4) is 0 Å². The highest BCUT2D eigenvalue weighted by atomic mass is 35.5. The van der Waals surface area contributed by atoms with E-state index < -0.39 is 0 Å². The van der Waals surface area contributed by atoms with Gasteiger partial charge in [0.25, 0.3) is 5.91 Å². The van der Waals surface area contributed by atoms with Gasteiger partial charge in [-0.25, -0.2) is 0 Å². The molecule has 2 saturated heterocycles. The van der Waals surface area contributed by atoms with Crippen molar-refractivity contribution < 1.29 is 9.59 Å². The van der Waals surface area contributed by atoms with Crippen molar-refractivity contribution in [1.82, 2.24) is 25.2 Å². The Bertz CT molecular complexity index is 1160. The van der Waals surface area contributed by atoms with Crippen LogP contribution in [0.4, 0.5) is 0 Å². The number of H-pyrrole nitrogens is 1. The van der Waals surface area contributed by atoms with Gasteiger partial charge in [-0.05, 0) is 66.6 Å². The van der Waals surface area contributed by atoms with Crippen molar-refractivity contribution in [2.45, 2.75) is 12.8 Å². The summed E-state index contributed by atoms with van der Waals surface area (Å²) in [5.74, 6) is 0.927. The van der Waals surface area contributed by atoms with Crippen LogP contribution in [0.2, 0.25) is 5.02 Å². The third kappa shape index (κ3) is 4.25. The van der Waals surface area contributed by atoms with Crippen LogP contribution in [-0.2, 0) is 4.79 Å². The Morgan fingerprint density at radius 1 is 0.938 bits per heavy atom. The molecule has 5 rings (SSSR count). The van der Waals surface area contributed by atoms with E-state index in [2.05, 4.69) is 15.4 Å². The second-order valence-corrected chi connectivity index (χ2v) is 8.98. The molecule has 2 aliphatic rings. The Balaban J connectivity index is 1.19. The molecule has 164 valence electrons. The zero-order valence-electron chi connectivity index (χ0n) is 17.6. The summed E-state index contributed by atoms with van der Waals surface area (Å²) in [6.45, 7) is 2.92. The molecule has 2 unspecified atom stereocenters. The number of nitrogens with zero attached hydrogens (tertiary/aromatic N) is 4. The summed E-state index contributed by atoms with van der Waals surface area (Å²) >= 11 is 5.91. The summed E-state index contributed by atoms with van der Waals surface area (Å²) < 4.78 is 0. The molecule has 0 saturated carbocycles. The third-order valence-corrected chi connectivity index (χ3v) is 6.82. The average Bonchev–Trinajstić information content (AvgIpc) is 3.40. The second-order valence-electron chi connectivity index (χ2n) is 8.54. The Labute approximate surface area is 191 Å². The Hall–Kier alpha value is -3.19. The lowest BCUT2D eigenvalue weighted by molar-refractivity contribution is -0.126. The molecular formula is C24H24ClN5O2. The zero-order valence-corrected chi connectivity index (χ0v) is 18.3. The fourth-order valence-electron chi connectivity index (χ4n) is 4.74.